The quantitative estimate of drug-likeness (QED) is 0.795. The van der Waals surface area contributed by atoms with E-state index >= 15 is 0 Å². The molecule has 1 aliphatic heterocycles. The maximum Gasteiger partial charge on any atom is 0.263 e. The zero-order valence-corrected chi connectivity index (χ0v) is 15.7. The number of hydrogen-bond donors (Lipinski definition) is 2. The Bertz CT molecular complexity index is 565. The van der Waals surface area contributed by atoms with Crippen LogP contribution in [0.4, 0.5) is 0 Å². The molecule has 25 heavy (non-hydrogen) atoms. The van der Waals surface area contributed by atoms with Gasteiger partial charge in [0.05, 0.1) is 5.92 Å². The highest BCUT2D eigenvalue weighted by molar-refractivity contribution is 5.85. The van der Waals surface area contributed by atoms with Crippen molar-refractivity contribution in [2.24, 2.45) is 11.7 Å². The minimum absolute atomic E-state index is 0. The van der Waals surface area contributed by atoms with Crippen molar-refractivity contribution < 1.29 is 14.3 Å². The lowest BCUT2D eigenvalue weighted by Gasteiger charge is -2.33. The van der Waals surface area contributed by atoms with Gasteiger partial charge < -0.3 is 20.7 Å². The van der Waals surface area contributed by atoms with Gasteiger partial charge in [0.15, 0.2) is 6.10 Å². The summed E-state index contributed by atoms with van der Waals surface area (Å²) in [6.45, 7) is 5.75. The zero-order chi connectivity index (χ0) is 17.5. The van der Waals surface area contributed by atoms with Crippen LogP contribution in [-0.4, -0.2) is 49.0 Å². The summed E-state index contributed by atoms with van der Waals surface area (Å²) in [5.41, 5.74) is 6.55. The van der Waals surface area contributed by atoms with Crippen LogP contribution >= 0.6 is 12.4 Å². The Morgan fingerprint density at radius 2 is 2.04 bits per heavy atom. The molecule has 0 radical (unpaired) electrons. The van der Waals surface area contributed by atoms with Crippen molar-refractivity contribution >= 4 is 24.2 Å². The second kappa shape index (κ2) is 10.3. The Hall–Kier alpha value is -1.79. The third-order valence-electron chi connectivity index (χ3n) is 4.23. The normalized spacial score (nSPS) is 18.0. The van der Waals surface area contributed by atoms with E-state index in [9.17, 15) is 9.59 Å². The van der Waals surface area contributed by atoms with E-state index in [-0.39, 0.29) is 30.1 Å². The molecule has 140 valence electrons. The van der Waals surface area contributed by atoms with Crippen molar-refractivity contribution in [3.05, 3.63) is 29.8 Å². The number of ether oxygens (including phenoxy) is 1. The summed E-state index contributed by atoms with van der Waals surface area (Å²) in [5.74, 6) is 0.411. The van der Waals surface area contributed by atoms with Crippen LogP contribution in [0.3, 0.4) is 0 Å². The summed E-state index contributed by atoms with van der Waals surface area (Å²) in [6.07, 6.45) is 1.05. The van der Waals surface area contributed by atoms with Gasteiger partial charge in [-0.15, -0.1) is 12.4 Å². The lowest BCUT2D eigenvalue weighted by atomic mass is 9.96. The predicted molar refractivity (Wildman–Crippen MR) is 99.9 cm³/mol. The van der Waals surface area contributed by atoms with E-state index in [4.69, 9.17) is 10.5 Å². The molecule has 1 heterocycles. The number of rotatable bonds is 6. The molecule has 3 N–H and O–H groups in total. The molecule has 7 heteroatoms. The molecular weight excluding hydrogens is 342 g/mol. The second-order valence-corrected chi connectivity index (χ2v) is 6.28. The fraction of sp³-hybridized carbons (Fsp3) is 0.556. The van der Waals surface area contributed by atoms with Crippen molar-refractivity contribution in [1.82, 2.24) is 10.2 Å². The first-order valence-electron chi connectivity index (χ1n) is 8.51. The van der Waals surface area contributed by atoms with Crippen molar-refractivity contribution in [2.45, 2.75) is 32.8 Å². The molecule has 1 aromatic rings. The summed E-state index contributed by atoms with van der Waals surface area (Å²) in [4.78, 5) is 26.4. The molecule has 2 rings (SSSR count). The van der Waals surface area contributed by atoms with Crippen LogP contribution in [-0.2, 0) is 9.59 Å². The summed E-state index contributed by atoms with van der Waals surface area (Å²) >= 11 is 0. The zero-order valence-electron chi connectivity index (χ0n) is 14.9. The van der Waals surface area contributed by atoms with Crippen LogP contribution in [0.2, 0.25) is 0 Å². The van der Waals surface area contributed by atoms with Gasteiger partial charge in [-0.25, -0.2) is 0 Å². The monoisotopic (exact) mass is 369 g/mol. The Balaban J connectivity index is 0.00000312. The molecule has 0 spiro atoms. The Morgan fingerprint density at radius 1 is 1.36 bits per heavy atom. The fourth-order valence-electron chi connectivity index (χ4n) is 2.86. The molecule has 1 aliphatic rings. The highest BCUT2D eigenvalue weighted by atomic mass is 35.5. The maximum atomic E-state index is 12.6. The highest BCUT2D eigenvalue weighted by Gasteiger charge is 2.30. The van der Waals surface area contributed by atoms with Crippen LogP contribution in [0.15, 0.2) is 24.3 Å². The number of likely N-dealkylation sites (tertiary alicyclic amines) is 1. The number of hydrogen-bond acceptors (Lipinski definition) is 4. The summed E-state index contributed by atoms with van der Waals surface area (Å²) in [6, 6.07) is 7.62. The van der Waals surface area contributed by atoms with Gasteiger partial charge in [0.1, 0.15) is 5.75 Å². The van der Waals surface area contributed by atoms with Crippen molar-refractivity contribution in [1.29, 1.82) is 0 Å². The van der Waals surface area contributed by atoms with Crippen LogP contribution in [0.1, 0.15) is 25.3 Å². The second-order valence-electron chi connectivity index (χ2n) is 6.28. The number of halogens is 1. The number of benzene rings is 1. The molecular formula is C18H28ClN3O3. The first-order chi connectivity index (χ1) is 11.5. The summed E-state index contributed by atoms with van der Waals surface area (Å²) < 4.78 is 5.74. The van der Waals surface area contributed by atoms with Crippen molar-refractivity contribution in [3.8, 4) is 5.75 Å². The lowest BCUT2D eigenvalue weighted by Crippen LogP contribution is -2.49. The molecule has 0 bridgehead atoms. The van der Waals surface area contributed by atoms with Gasteiger partial charge in [-0.2, -0.15) is 0 Å². The number of nitrogens with zero attached hydrogens (tertiary/aromatic N) is 1. The van der Waals surface area contributed by atoms with Gasteiger partial charge in [-0.05, 0) is 38.8 Å². The van der Waals surface area contributed by atoms with Crippen LogP contribution in [0, 0.1) is 12.8 Å². The topological polar surface area (TPSA) is 84.7 Å². The molecule has 1 aromatic carbocycles. The third kappa shape index (κ3) is 6.21. The lowest BCUT2D eigenvalue weighted by molar-refractivity contribution is -0.141. The average molecular weight is 370 g/mol. The minimum Gasteiger partial charge on any atom is -0.481 e. The van der Waals surface area contributed by atoms with E-state index < -0.39 is 6.10 Å². The third-order valence-corrected chi connectivity index (χ3v) is 4.23. The average Bonchev–Trinajstić information content (AvgIpc) is 2.61. The number of carbonyl (C=O) groups excluding carboxylic acids is 2. The molecule has 0 aliphatic carbocycles. The predicted octanol–water partition coefficient (Wildman–Crippen LogP) is 1.50. The van der Waals surface area contributed by atoms with Crippen LogP contribution < -0.4 is 15.8 Å². The number of nitrogens with one attached hydrogen (secondary N) is 1. The van der Waals surface area contributed by atoms with E-state index in [0.717, 1.165) is 18.4 Å². The van der Waals surface area contributed by atoms with Crippen LogP contribution in [0.5, 0.6) is 5.75 Å². The molecule has 2 amide bonds. The Kier molecular flexibility index (Phi) is 8.72. The largest absolute Gasteiger partial charge is 0.481 e. The van der Waals surface area contributed by atoms with Gasteiger partial charge in [-0.3, -0.25) is 9.59 Å². The minimum atomic E-state index is -0.571. The molecule has 0 aromatic heterocycles. The van der Waals surface area contributed by atoms with Gasteiger partial charge >= 0.3 is 0 Å². The first-order valence-corrected chi connectivity index (χ1v) is 8.51. The molecule has 6 nitrogen and oxygen atoms in total. The Labute approximate surface area is 155 Å². The van der Waals surface area contributed by atoms with E-state index in [1.54, 1.807) is 11.8 Å². The molecule has 2 unspecified atom stereocenters. The van der Waals surface area contributed by atoms with Gasteiger partial charge in [-0.1, -0.05) is 17.7 Å². The van der Waals surface area contributed by atoms with Crippen LogP contribution in [0.25, 0.3) is 0 Å². The SMILES string of the molecule is Cc1ccc(OC(C)C(=O)N2CCCC(C(=O)NCCN)C2)cc1.Cl. The number of amides is 2. The number of aryl methyl sites for hydroxylation is 1. The van der Waals surface area contributed by atoms with E-state index in [0.29, 0.717) is 31.9 Å². The number of carbonyl (C=O) groups is 2. The fourth-order valence-corrected chi connectivity index (χ4v) is 2.86. The molecule has 1 saturated heterocycles. The molecule has 1 fully saturated rings. The van der Waals surface area contributed by atoms with Crippen molar-refractivity contribution in [2.75, 3.05) is 26.2 Å². The summed E-state index contributed by atoms with van der Waals surface area (Å²) in [5, 5.41) is 2.80. The summed E-state index contributed by atoms with van der Waals surface area (Å²) in [7, 11) is 0. The van der Waals surface area contributed by atoms with Gasteiger partial charge in [0, 0.05) is 26.2 Å². The van der Waals surface area contributed by atoms with Crippen molar-refractivity contribution in [3.63, 3.8) is 0 Å². The van der Waals surface area contributed by atoms with E-state index in [2.05, 4.69) is 5.32 Å². The Morgan fingerprint density at radius 3 is 2.68 bits per heavy atom. The molecule has 0 saturated carbocycles. The first kappa shape index (κ1) is 21.3. The van der Waals surface area contributed by atoms with E-state index in [1.807, 2.05) is 31.2 Å². The maximum absolute atomic E-state index is 12.6. The number of piperidine rings is 1. The standard InChI is InChI=1S/C18H27N3O3.ClH/c1-13-5-7-16(8-6-13)24-14(2)18(23)21-11-3-4-15(12-21)17(22)20-10-9-19;/h5-8,14-15H,3-4,9-12,19H2,1-2H3,(H,20,22);1H. The van der Waals surface area contributed by atoms with Gasteiger partial charge in [0.2, 0.25) is 5.91 Å². The molecule has 2 atom stereocenters. The number of nitrogens with two attached hydrogens (primary N) is 1. The van der Waals surface area contributed by atoms with E-state index in [1.165, 1.54) is 0 Å². The van der Waals surface area contributed by atoms with Gasteiger partial charge in [0.25, 0.3) is 5.91 Å². The smallest absolute Gasteiger partial charge is 0.263 e. The highest BCUT2D eigenvalue weighted by Crippen LogP contribution is 2.19.